The van der Waals surface area contributed by atoms with Crippen molar-refractivity contribution in [2.75, 3.05) is 0 Å². The van der Waals surface area contributed by atoms with Crippen LogP contribution in [0.4, 0.5) is 0 Å². The number of nitrogens with one attached hydrogen (secondary N) is 2. The number of hydrogen-bond donors (Lipinski definition) is 3. The van der Waals surface area contributed by atoms with E-state index < -0.39 is 12.0 Å². The molecule has 0 spiro atoms. The van der Waals surface area contributed by atoms with E-state index in [4.69, 9.17) is 0 Å². The lowest BCUT2D eigenvalue weighted by Gasteiger charge is -2.16. The first-order valence-corrected chi connectivity index (χ1v) is 12.3. The fourth-order valence-electron chi connectivity index (χ4n) is 5.47. The fourth-order valence-corrected chi connectivity index (χ4v) is 5.47. The average Bonchev–Trinajstić information content (AvgIpc) is 3.37. The second-order valence-corrected chi connectivity index (χ2v) is 9.45. The van der Waals surface area contributed by atoms with E-state index in [0.717, 1.165) is 22.9 Å². The predicted molar refractivity (Wildman–Crippen MR) is 145 cm³/mol. The van der Waals surface area contributed by atoms with Crippen molar-refractivity contribution in [3.05, 3.63) is 96.2 Å². The van der Waals surface area contributed by atoms with Gasteiger partial charge in [0, 0.05) is 29.9 Å². The zero-order valence-electron chi connectivity index (χ0n) is 19.8. The van der Waals surface area contributed by atoms with Gasteiger partial charge in [-0.1, -0.05) is 66.7 Å². The van der Waals surface area contributed by atoms with E-state index in [-0.39, 0.29) is 18.7 Å². The zero-order valence-corrected chi connectivity index (χ0v) is 19.8. The molecule has 1 unspecified atom stereocenters. The number of aromatic nitrogens is 1. The van der Waals surface area contributed by atoms with E-state index in [1.54, 1.807) is 0 Å². The number of fused-ring (bicyclic) bond motifs is 1. The molecular weight excluding hydrogens is 448 g/mol. The number of carboxylic acids is 1. The minimum Gasteiger partial charge on any atom is -0.480 e. The van der Waals surface area contributed by atoms with Crippen molar-refractivity contribution in [2.24, 2.45) is 0 Å². The molecule has 0 bridgehead atoms. The molecule has 0 saturated carbocycles. The van der Waals surface area contributed by atoms with Gasteiger partial charge in [-0.05, 0) is 68.4 Å². The summed E-state index contributed by atoms with van der Waals surface area (Å²) in [6.07, 6.45) is 3.75. The SMILES string of the molecule is O=C(CCCc1ccc2ccc3cccc4ccc1c2c34)NC(Cc1cccc2[nH]ccc12)C(=O)O. The van der Waals surface area contributed by atoms with Crippen LogP contribution in [0.25, 0.3) is 43.2 Å². The highest BCUT2D eigenvalue weighted by Crippen LogP contribution is 2.36. The van der Waals surface area contributed by atoms with Gasteiger partial charge in [0.05, 0.1) is 0 Å². The van der Waals surface area contributed by atoms with Crippen molar-refractivity contribution in [2.45, 2.75) is 31.7 Å². The molecule has 36 heavy (non-hydrogen) atoms. The summed E-state index contributed by atoms with van der Waals surface area (Å²) in [5.41, 5.74) is 3.06. The molecule has 3 N–H and O–H groups in total. The summed E-state index contributed by atoms with van der Waals surface area (Å²) in [6, 6.07) is 26.1. The third kappa shape index (κ3) is 3.93. The summed E-state index contributed by atoms with van der Waals surface area (Å²) in [4.78, 5) is 27.7. The van der Waals surface area contributed by atoms with E-state index in [1.165, 1.54) is 37.9 Å². The Morgan fingerprint density at radius 1 is 0.778 bits per heavy atom. The number of benzene rings is 5. The first-order valence-electron chi connectivity index (χ1n) is 12.3. The molecule has 1 aromatic heterocycles. The number of carboxylic acid groups (broad SMARTS) is 1. The summed E-state index contributed by atoms with van der Waals surface area (Å²) < 4.78 is 0. The van der Waals surface area contributed by atoms with Crippen LogP contribution in [-0.4, -0.2) is 28.0 Å². The highest BCUT2D eigenvalue weighted by atomic mass is 16.4. The van der Waals surface area contributed by atoms with Crippen LogP contribution in [0.5, 0.6) is 0 Å². The Labute approximate surface area is 208 Å². The molecule has 0 fully saturated rings. The maximum absolute atomic E-state index is 12.7. The quantitative estimate of drug-likeness (QED) is 0.230. The van der Waals surface area contributed by atoms with Crippen LogP contribution in [-0.2, 0) is 22.4 Å². The van der Waals surface area contributed by atoms with E-state index in [1.807, 2.05) is 30.5 Å². The summed E-state index contributed by atoms with van der Waals surface area (Å²) in [5, 5.41) is 20.9. The van der Waals surface area contributed by atoms with Crippen LogP contribution in [0.15, 0.2) is 85.1 Å². The molecule has 5 aromatic carbocycles. The van der Waals surface area contributed by atoms with E-state index in [2.05, 4.69) is 64.9 Å². The fraction of sp³-hybridized carbons (Fsp3) is 0.161. The van der Waals surface area contributed by atoms with Gasteiger partial charge in [0.1, 0.15) is 6.04 Å². The van der Waals surface area contributed by atoms with E-state index >= 15 is 0 Å². The molecule has 0 aliphatic rings. The lowest BCUT2D eigenvalue weighted by Crippen LogP contribution is -2.42. The number of hydrogen-bond acceptors (Lipinski definition) is 2. The number of aromatic amines is 1. The number of H-pyrrole nitrogens is 1. The van der Waals surface area contributed by atoms with Crippen LogP contribution in [0.3, 0.4) is 0 Å². The Balaban J connectivity index is 1.16. The molecule has 6 aromatic rings. The summed E-state index contributed by atoms with van der Waals surface area (Å²) >= 11 is 0. The number of carbonyl (C=O) groups excluding carboxylic acids is 1. The molecule has 0 saturated heterocycles. The molecule has 178 valence electrons. The molecule has 5 nitrogen and oxygen atoms in total. The number of amides is 1. The van der Waals surface area contributed by atoms with Crippen molar-refractivity contribution in [3.8, 4) is 0 Å². The molecule has 5 heteroatoms. The van der Waals surface area contributed by atoms with Crippen molar-refractivity contribution >= 4 is 55.1 Å². The van der Waals surface area contributed by atoms with Gasteiger partial charge in [-0.25, -0.2) is 4.79 Å². The topological polar surface area (TPSA) is 82.2 Å². The molecular formula is C31H26N2O3. The van der Waals surface area contributed by atoms with Crippen LogP contribution >= 0.6 is 0 Å². The Bertz CT molecular complexity index is 1720. The number of carbonyl (C=O) groups is 2. The number of aryl methyl sites for hydroxylation is 1. The second-order valence-electron chi connectivity index (χ2n) is 9.45. The lowest BCUT2D eigenvalue weighted by atomic mass is 9.90. The van der Waals surface area contributed by atoms with Crippen LogP contribution < -0.4 is 5.32 Å². The first-order chi connectivity index (χ1) is 17.6. The van der Waals surface area contributed by atoms with Crippen molar-refractivity contribution in [3.63, 3.8) is 0 Å². The Hall–Kier alpha value is -4.38. The minimum atomic E-state index is -1.03. The molecule has 0 aliphatic carbocycles. The van der Waals surface area contributed by atoms with Crippen molar-refractivity contribution in [1.82, 2.24) is 10.3 Å². The number of aliphatic carboxylic acids is 1. The van der Waals surface area contributed by atoms with E-state index in [9.17, 15) is 14.7 Å². The van der Waals surface area contributed by atoms with Gasteiger partial charge < -0.3 is 15.4 Å². The number of rotatable bonds is 8. The molecule has 6 rings (SSSR count). The van der Waals surface area contributed by atoms with Crippen molar-refractivity contribution < 1.29 is 14.7 Å². The van der Waals surface area contributed by atoms with Gasteiger partial charge in [-0.3, -0.25) is 4.79 Å². The highest BCUT2D eigenvalue weighted by molar-refractivity contribution is 6.23. The summed E-state index contributed by atoms with van der Waals surface area (Å²) in [6.45, 7) is 0. The smallest absolute Gasteiger partial charge is 0.326 e. The maximum Gasteiger partial charge on any atom is 0.326 e. The average molecular weight is 475 g/mol. The van der Waals surface area contributed by atoms with Gasteiger partial charge in [0.15, 0.2) is 0 Å². The first kappa shape index (κ1) is 22.1. The Morgan fingerprint density at radius 3 is 2.31 bits per heavy atom. The van der Waals surface area contributed by atoms with Crippen LogP contribution in [0, 0.1) is 0 Å². The molecule has 1 amide bonds. The van der Waals surface area contributed by atoms with Crippen molar-refractivity contribution in [1.29, 1.82) is 0 Å². The van der Waals surface area contributed by atoms with Gasteiger partial charge in [-0.15, -0.1) is 0 Å². The zero-order chi connectivity index (χ0) is 24.6. The third-order valence-corrected chi connectivity index (χ3v) is 7.21. The maximum atomic E-state index is 12.7. The molecule has 1 atom stereocenters. The normalized spacial score (nSPS) is 12.6. The minimum absolute atomic E-state index is 0.235. The second kappa shape index (κ2) is 9.00. The summed E-state index contributed by atoms with van der Waals surface area (Å²) in [5.74, 6) is -1.26. The van der Waals surface area contributed by atoms with Crippen LogP contribution in [0.2, 0.25) is 0 Å². The molecule has 1 heterocycles. The molecule has 0 aliphatic heterocycles. The third-order valence-electron chi connectivity index (χ3n) is 7.21. The summed E-state index contributed by atoms with van der Waals surface area (Å²) in [7, 11) is 0. The largest absolute Gasteiger partial charge is 0.480 e. The monoisotopic (exact) mass is 474 g/mol. The lowest BCUT2D eigenvalue weighted by molar-refractivity contribution is -0.141. The van der Waals surface area contributed by atoms with E-state index in [0.29, 0.717) is 6.42 Å². The standard InChI is InChI=1S/C31H26N2O3/c34-28(33-27(31(35)36)18-23-7-2-8-26-24(23)16-17-32-26)9-3-4-19-10-11-22-13-12-20-5-1-6-21-14-15-25(19)30(22)29(20)21/h1-2,5-8,10-17,27,32H,3-4,9,18H2,(H,33,34)(H,35,36). The predicted octanol–water partition coefficient (Wildman–Crippen LogP) is 6.20. The van der Waals surface area contributed by atoms with Gasteiger partial charge in [0.2, 0.25) is 5.91 Å². The Kier molecular flexibility index (Phi) is 5.53. The highest BCUT2D eigenvalue weighted by Gasteiger charge is 2.21. The Morgan fingerprint density at radius 2 is 1.50 bits per heavy atom. The van der Waals surface area contributed by atoms with Gasteiger partial charge in [0.25, 0.3) is 0 Å². The molecule has 0 radical (unpaired) electrons. The van der Waals surface area contributed by atoms with Crippen LogP contribution in [0.1, 0.15) is 24.0 Å². The van der Waals surface area contributed by atoms with Gasteiger partial charge >= 0.3 is 5.97 Å². The van der Waals surface area contributed by atoms with Gasteiger partial charge in [-0.2, -0.15) is 0 Å².